The molecule has 150 valence electrons. The first-order chi connectivity index (χ1) is 13.2. The molecule has 0 heterocycles. The lowest BCUT2D eigenvalue weighted by atomic mass is 10.2. The smallest absolute Gasteiger partial charge is 0.335 e. The molecule has 0 radical (unpaired) electrons. The number of rotatable bonds is 8. The van der Waals surface area contributed by atoms with E-state index in [1.54, 1.807) is 23.1 Å². The van der Waals surface area contributed by atoms with Crippen LogP contribution in [0.25, 0.3) is 0 Å². The SMILES string of the molecule is Cc1cccc(NC(=O)[C@H](C)OC(=O)CONS(=O)(=O)c2ccc(F)cc2)c1. The highest BCUT2D eigenvalue weighted by atomic mass is 32.2. The molecule has 2 rings (SSSR count). The average molecular weight is 410 g/mol. The molecule has 0 saturated heterocycles. The summed E-state index contributed by atoms with van der Waals surface area (Å²) in [7, 11) is -4.09. The minimum absolute atomic E-state index is 0.242. The first-order valence-corrected chi connectivity index (χ1v) is 9.62. The van der Waals surface area contributed by atoms with Crippen molar-refractivity contribution in [3.63, 3.8) is 0 Å². The number of sulfonamides is 1. The Morgan fingerprint density at radius 1 is 1.14 bits per heavy atom. The maximum absolute atomic E-state index is 12.8. The van der Waals surface area contributed by atoms with E-state index in [0.29, 0.717) is 5.69 Å². The number of anilines is 1. The number of hydrogen-bond donors (Lipinski definition) is 2. The molecule has 1 amide bonds. The van der Waals surface area contributed by atoms with Gasteiger partial charge in [0.05, 0.1) is 4.90 Å². The number of aryl methyl sites for hydroxylation is 1. The van der Waals surface area contributed by atoms with Crippen LogP contribution in [0.5, 0.6) is 0 Å². The maximum atomic E-state index is 12.8. The summed E-state index contributed by atoms with van der Waals surface area (Å²) in [5, 5.41) is 2.60. The van der Waals surface area contributed by atoms with Crippen LogP contribution in [0.3, 0.4) is 0 Å². The lowest BCUT2D eigenvalue weighted by Crippen LogP contribution is -2.33. The summed E-state index contributed by atoms with van der Waals surface area (Å²) < 4.78 is 41.5. The number of esters is 1. The first-order valence-electron chi connectivity index (χ1n) is 8.13. The second-order valence-electron chi connectivity index (χ2n) is 5.82. The molecule has 0 spiro atoms. The van der Waals surface area contributed by atoms with Gasteiger partial charge in [-0.3, -0.25) is 9.63 Å². The second-order valence-corrected chi connectivity index (χ2v) is 7.47. The van der Waals surface area contributed by atoms with Crippen molar-refractivity contribution in [3.05, 3.63) is 59.9 Å². The van der Waals surface area contributed by atoms with Crippen molar-refractivity contribution in [2.24, 2.45) is 0 Å². The van der Waals surface area contributed by atoms with Gasteiger partial charge in [-0.15, -0.1) is 0 Å². The van der Waals surface area contributed by atoms with E-state index in [2.05, 4.69) is 10.2 Å². The Labute approximate surface area is 161 Å². The lowest BCUT2D eigenvalue weighted by molar-refractivity contribution is -0.158. The summed E-state index contributed by atoms with van der Waals surface area (Å²) in [4.78, 5) is 29.9. The van der Waals surface area contributed by atoms with Crippen molar-refractivity contribution in [1.29, 1.82) is 0 Å². The largest absolute Gasteiger partial charge is 0.451 e. The molecule has 8 nitrogen and oxygen atoms in total. The van der Waals surface area contributed by atoms with E-state index in [1.165, 1.54) is 6.92 Å². The number of ether oxygens (including phenoxy) is 1. The van der Waals surface area contributed by atoms with Crippen LogP contribution < -0.4 is 10.2 Å². The molecular weight excluding hydrogens is 391 g/mol. The van der Waals surface area contributed by atoms with Gasteiger partial charge in [0, 0.05) is 5.69 Å². The van der Waals surface area contributed by atoms with Crippen molar-refractivity contribution in [1.82, 2.24) is 4.89 Å². The lowest BCUT2D eigenvalue weighted by Gasteiger charge is -2.14. The Morgan fingerprint density at radius 2 is 1.82 bits per heavy atom. The third kappa shape index (κ3) is 6.41. The van der Waals surface area contributed by atoms with Crippen LogP contribution in [0.2, 0.25) is 0 Å². The standard InChI is InChI=1S/C18H19FN2O6S/c1-12-4-3-5-15(10-12)20-18(23)13(2)27-17(22)11-26-21-28(24,25)16-8-6-14(19)7-9-16/h3-10,13,21H,11H2,1-2H3,(H,20,23)/t13-/m0/s1. The molecule has 28 heavy (non-hydrogen) atoms. The number of carbonyl (C=O) groups is 2. The predicted molar refractivity (Wildman–Crippen MR) is 98.0 cm³/mol. The molecule has 0 aliphatic heterocycles. The molecule has 0 unspecified atom stereocenters. The van der Waals surface area contributed by atoms with Gasteiger partial charge in [0.25, 0.3) is 15.9 Å². The summed E-state index contributed by atoms with van der Waals surface area (Å²) in [5.74, 6) is -2.10. The van der Waals surface area contributed by atoms with Crippen LogP contribution in [0.4, 0.5) is 10.1 Å². The van der Waals surface area contributed by atoms with Gasteiger partial charge < -0.3 is 10.1 Å². The summed E-state index contributed by atoms with van der Waals surface area (Å²) in [6, 6.07) is 11.1. The van der Waals surface area contributed by atoms with Gasteiger partial charge in [-0.05, 0) is 55.8 Å². The average Bonchev–Trinajstić information content (AvgIpc) is 2.61. The highest BCUT2D eigenvalue weighted by Gasteiger charge is 2.20. The monoisotopic (exact) mass is 410 g/mol. The molecule has 0 aromatic heterocycles. The molecule has 10 heteroatoms. The number of benzene rings is 2. The normalized spacial score (nSPS) is 12.2. The van der Waals surface area contributed by atoms with E-state index in [-0.39, 0.29) is 4.90 Å². The third-order valence-corrected chi connectivity index (χ3v) is 4.68. The number of halogens is 1. The fourth-order valence-electron chi connectivity index (χ4n) is 2.08. The highest BCUT2D eigenvalue weighted by molar-refractivity contribution is 7.89. The number of hydrogen-bond acceptors (Lipinski definition) is 6. The summed E-state index contributed by atoms with van der Waals surface area (Å²) in [6.45, 7) is 2.47. The molecule has 2 aromatic carbocycles. The highest BCUT2D eigenvalue weighted by Crippen LogP contribution is 2.11. The van der Waals surface area contributed by atoms with E-state index in [9.17, 15) is 22.4 Å². The van der Waals surface area contributed by atoms with Crippen molar-refractivity contribution >= 4 is 27.6 Å². The Bertz CT molecular complexity index is 947. The molecule has 0 bridgehead atoms. The van der Waals surface area contributed by atoms with Gasteiger partial charge in [0.15, 0.2) is 12.7 Å². The minimum Gasteiger partial charge on any atom is -0.451 e. The van der Waals surface area contributed by atoms with Crippen LogP contribution in [0.1, 0.15) is 12.5 Å². The molecule has 2 N–H and O–H groups in total. The zero-order valence-electron chi connectivity index (χ0n) is 15.1. The van der Waals surface area contributed by atoms with E-state index in [4.69, 9.17) is 4.74 Å². The zero-order chi connectivity index (χ0) is 20.7. The second kappa shape index (κ2) is 9.40. The quantitative estimate of drug-likeness (QED) is 0.508. The Morgan fingerprint density at radius 3 is 2.46 bits per heavy atom. The van der Waals surface area contributed by atoms with Crippen LogP contribution in [0.15, 0.2) is 53.4 Å². The number of nitrogens with one attached hydrogen (secondary N) is 2. The minimum atomic E-state index is -4.09. The zero-order valence-corrected chi connectivity index (χ0v) is 16.0. The van der Waals surface area contributed by atoms with Crippen LogP contribution in [-0.2, 0) is 29.2 Å². The van der Waals surface area contributed by atoms with Crippen molar-refractivity contribution in [2.75, 3.05) is 11.9 Å². The molecular formula is C18H19FN2O6S. The van der Waals surface area contributed by atoms with E-state index in [0.717, 1.165) is 29.8 Å². The van der Waals surface area contributed by atoms with E-state index >= 15 is 0 Å². The van der Waals surface area contributed by atoms with Crippen molar-refractivity contribution in [3.8, 4) is 0 Å². The van der Waals surface area contributed by atoms with E-state index in [1.807, 2.05) is 13.0 Å². The maximum Gasteiger partial charge on any atom is 0.335 e. The summed E-state index contributed by atoms with van der Waals surface area (Å²) >= 11 is 0. The molecule has 0 aliphatic rings. The third-order valence-electron chi connectivity index (χ3n) is 3.45. The number of amides is 1. The van der Waals surface area contributed by atoms with E-state index < -0.39 is 40.4 Å². The molecule has 1 atom stereocenters. The Kier molecular flexibility index (Phi) is 7.21. The van der Waals surface area contributed by atoms with Crippen LogP contribution >= 0.6 is 0 Å². The van der Waals surface area contributed by atoms with Gasteiger partial charge in [0.2, 0.25) is 0 Å². The Balaban J connectivity index is 1.79. The molecule has 0 fully saturated rings. The van der Waals surface area contributed by atoms with Crippen molar-refractivity contribution in [2.45, 2.75) is 24.8 Å². The predicted octanol–water partition coefficient (Wildman–Crippen LogP) is 1.91. The van der Waals surface area contributed by atoms with Gasteiger partial charge in [-0.1, -0.05) is 17.0 Å². The van der Waals surface area contributed by atoms with Gasteiger partial charge in [-0.2, -0.15) is 0 Å². The summed E-state index contributed by atoms with van der Waals surface area (Å²) in [5.41, 5.74) is 1.50. The molecule has 0 aliphatic carbocycles. The topological polar surface area (TPSA) is 111 Å². The fraction of sp³-hybridized carbons (Fsp3) is 0.222. The van der Waals surface area contributed by atoms with Gasteiger partial charge in [-0.25, -0.2) is 17.6 Å². The first kappa shape index (κ1) is 21.5. The van der Waals surface area contributed by atoms with Crippen LogP contribution in [0, 0.1) is 12.7 Å². The number of carbonyl (C=O) groups excluding carboxylic acids is 2. The summed E-state index contributed by atoms with van der Waals surface area (Å²) in [6.07, 6.45) is -1.12. The van der Waals surface area contributed by atoms with Gasteiger partial charge in [0.1, 0.15) is 5.82 Å². The molecule has 0 saturated carbocycles. The Hall–Kier alpha value is -2.82. The van der Waals surface area contributed by atoms with Gasteiger partial charge >= 0.3 is 5.97 Å². The van der Waals surface area contributed by atoms with Crippen molar-refractivity contribution < 1.29 is 32.0 Å². The fourth-order valence-corrected chi connectivity index (χ4v) is 2.88. The van der Waals surface area contributed by atoms with Crippen LogP contribution in [-0.4, -0.2) is 33.0 Å². The molecule has 2 aromatic rings.